The normalized spacial score (nSPS) is 12.6. The van der Waals surface area contributed by atoms with Gasteiger partial charge >= 0.3 is 0 Å². The number of rotatable bonds is 5. The maximum atomic E-state index is 13.4. The van der Waals surface area contributed by atoms with Crippen LogP contribution in [0.5, 0.6) is 0 Å². The van der Waals surface area contributed by atoms with Gasteiger partial charge in [0.2, 0.25) is 0 Å². The molecule has 0 amide bonds. The topological polar surface area (TPSA) is 37.8 Å². The van der Waals surface area contributed by atoms with Gasteiger partial charge in [0.1, 0.15) is 5.82 Å². The van der Waals surface area contributed by atoms with Gasteiger partial charge in [-0.1, -0.05) is 17.5 Å². The van der Waals surface area contributed by atoms with Gasteiger partial charge < -0.3 is 5.32 Å². The minimum absolute atomic E-state index is 0.0839. The van der Waals surface area contributed by atoms with Gasteiger partial charge in [-0.15, -0.1) is 5.10 Å². The molecule has 1 aromatic carbocycles. The molecule has 96 valence electrons. The Kier molecular flexibility index (Phi) is 4.38. The molecule has 1 aromatic heterocycles. The van der Waals surface area contributed by atoms with Crippen molar-refractivity contribution in [3.05, 3.63) is 46.2 Å². The van der Waals surface area contributed by atoms with Gasteiger partial charge in [0, 0.05) is 5.38 Å². The molecule has 0 aliphatic rings. The molecular weight excluding hydrogens is 249 g/mol. The molecule has 2 rings (SSSR count). The molecule has 0 saturated heterocycles. The largest absolute Gasteiger partial charge is 0.305 e. The average Bonchev–Trinajstić information content (AvgIpc) is 2.88. The summed E-state index contributed by atoms with van der Waals surface area (Å²) in [6.07, 6.45) is 1.02. The molecule has 5 heteroatoms. The molecule has 0 saturated carbocycles. The second kappa shape index (κ2) is 6.02. The van der Waals surface area contributed by atoms with Gasteiger partial charge in [-0.25, -0.2) is 4.39 Å². The fourth-order valence-corrected chi connectivity index (χ4v) is 2.36. The molecule has 18 heavy (non-hydrogen) atoms. The maximum Gasteiger partial charge on any atom is 0.123 e. The van der Waals surface area contributed by atoms with Gasteiger partial charge in [0.05, 0.1) is 11.7 Å². The highest BCUT2D eigenvalue weighted by molar-refractivity contribution is 7.03. The Hall–Kier alpha value is -1.33. The second-order valence-corrected chi connectivity index (χ2v) is 4.83. The zero-order chi connectivity index (χ0) is 13.0. The number of hydrogen-bond donors (Lipinski definition) is 1. The first-order chi connectivity index (χ1) is 8.72. The lowest BCUT2D eigenvalue weighted by atomic mass is 9.99. The van der Waals surface area contributed by atoms with Crippen LogP contribution in [0.3, 0.4) is 0 Å². The minimum Gasteiger partial charge on any atom is -0.305 e. The molecule has 2 aromatic rings. The summed E-state index contributed by atoms with van der Waals surface area (Å²) in [5.41, 5.74) is 2.83. The van der Waals surface area contributed by atoms with Crippen LogP contribution in [-0.4, -0.2) is 16.1 Å². The van der Waals surface area contributed by atoms with Crippen molar-refractivity contribution in [3.8, 4) is 0 Å². The molecule has 0 bridgehead atoms. The van der Waals surface area contributed by atoms with Crippen molar-refractivity contribution >= 4 is 11.5 Å². The first kappa shape index (κ1) is 13.1. The zero-order valence-electron chi connectivity index (χ0n) is 10.5. The Bertz CT molecular complexity index is 499. The molecule has 1 heterocycles. The molecule has 0 fully saturated rings. The summed E-state index contributed by atoms with van der Waals surface area (Å²) in [6, 6.07) is 4.77. The first-order valence-electron chi connectivity index (χ1n) is 5.98. The molecule has 1 unspecified atom stereocenters. The van der Waals surface area contributed by atoms with E-state index in [4.69, 9.17) is 0 Å². The Morgan fingerprint density at radius 1 is 1.44 bits per heavy atom. The van der Waals surface area contributed by atoms with Crippen molar-refractivity contribution in [2.24, 2.45) is 0 Å². The van der Waals surface area contributed by atoms with Crippen LogP contribution in [0.25, 0.3) is 0 Å². The molecule has 1 atom stereocenters. The van der Waals surface area contributed by atoms with Crippen molar-refractivity contribution in [3.63, 3.8) is 0 Å². The third-order valence-electron chi connectivity index (χ3n) is 2.82. The monoisotopic (exact) mass is 265 g/mol. The number of benzene rings is 1. The summed E-state index contributed by atoms with van der Waals surface area (Å²) in [4.78, 5) is 0. The van der Waals surface area contributed by atoms with E-state index in [-0.39, 0.29) is 11.9 Å². The second-order valence-electron chi connectivity index (χ2n) is 4.22. The average molecular weight is 265 g/mol. The summed E-state index contributed by atoms with van der Waals surface area (Å²) in [5.74, 6) is -0.220. The lowest BCUT2D eigenvalue weighted by molar-refractivity contribution is 0.572. The van der Waals surface area contributed by atoms with Crippen LogP contribution in [0, 0.1) is 12.7 Å². The van der Waals surface area contributed by atoms with Gasteiger partial charge in [0.15, 0.2) is 0 Å². The van der Waals surface area contributed by atoms with Crippen LogP contribution in [0.4, 0.5) is 4.39 Å². The van der Waals surface area contributed by atoms with Crippen LogP contribution in [-0.2, 0) is 0 Å². The van der Waals surface area contributed by atoms with Crippen molar-refractivity contribution in [2.75, 3.05) is 6.54 Å². The highest BCUT2D eigenvalue weighted by atomic mass is 32.1. The standard InChI is InChI=1S/C13H16FN3S/c1-3-6-15-13(12-8-18-17-16-12)11-7-10(14)5-4-9(11)2/h4-5,7-8,13,15H,3,6H2,1-2H3. The van der Waals surface area contributed by atoms with Gasteiger partial charge in [-0.05, 0) is 54.7 Å². The Morgan fingerprint density at radius 3 is 2.94 bits per heavy atom. The third-order valence-corrected chi connectivity index (χ3v) is 3.35. The van der Waals surface area contributed by atoms with Gasteiger partial charge in [-0.2, -0.15) is 0 Å². The smallest absolute Gasteiger partial charge is 0.123 e. The van der Waals surface area contributed by atoms with Crippen LogP contribution < -0.4 is 5.32 Å². The molecule has 3 nitrogen and oxygen atoms in total. The predicted molar refractivity (Wildman–Crippen MR) is 71.2 cm³/mol. The van der Waals surface area contributed by atoms with E-state index in [2.05, 4.69) is 21.8 Å². The fourth-order valence-electron chi connectivity index (χ4n) is 1.88. The number of nitrogens with one attached hydrogen (secondary N) is 1. The van der Waals surface area contributed by atoms with Crippen molar-refractivity contribution in [2.45, 2.75) is 26.3 Å². The molecule has 0 aliphatic heterocycles. The van der Waals surface area contributed by atoms with Gasteiger partial charge in [-0.3, -0.25) is 0 Å². The Labute approximate surface area is 110 Å². The quantitative estimate of drug-likeness (QED) is 0.902. The van der Waals surface area contributed by atoms with Crippen molar-refractivity contribution < 1.29 is 4.39 Å². The van der Waals surface area contributed by atoms with E-state index in [1.165, 1.54) is 17.6 Å². The van der Waals surface area contributed by atoms with E-state index in [1.807, 2.05) is 12.3 Å². The number of hydrogen-bond acceptors (Lipinski definition) is 4. The Balaban J connectivity index is 2.36. The highest BCUT2D eigenvalue weighted by Gasteiger charge is 2.18. The summed E-state index contributed by atoms with van der Waals surface area (Å²) >= 11 is 1.31. The van der Waals surface area contributed by atoms with Crippen LogP contribution in [0.2, 0.25) is 0 Å². The fraction of sp³-hybridized carbons (Fsp3) is 0.385. The number of aryl methyl sites for hydroxylation is 1. The molecule has 0 aliphatic carbocycles. The number of halogens is 1. The van der Waals surface area contributed by atoms with Crippen LogP contribution in [0.15, 0.2) is 23.6 Å². The van der Waals surface area contributed by atoms with Crippen LogP contribution >= 0.6 is 11.5 Å². The third kappa shape index (κ3) is 2.91. The maximum absolute atomic E-state index is 13.4. The predicted octanol–water partition coefficient (Wildman–Crippen LogP) is 3.07. The summed E-state index contributed by atoms with van der Waals surface area (Å²) in [6.45, 7) is 4.94. The summed E-state index contributed by atoms with van der Waals surface area (Å²) in [7, 11) is 0. The summed E-state index contributed by atoms with van der Waals surface area (Å²) in [5, 5.41) is 9.39. The minimum atomic E-state index is -0.220. The Morgan fingerprint density at radius 2 is 2.28 bits per heavy atom. The zero-order valence-corrected chi connectivity index (χ0v) is 11.3. The lowest BCUT2D eigenvalue weighted by Gasteiger charge is -2.18. The number of aromatic nitrogens is 2. The van der Waals surface area contributed by atoms with E-state index >= 15 is 0 Å². The molecule has 1 N–H and O–H groups in total. The van der Waals surface area contributed by atoms with E-state index in [0.717, 1.165) is 29.8 Å². The number of nitrogens with zero attached hydrogens (tertiary/aromatic N) is 2. The highest BCUT2D eigenvalue weighted by Crippen LogP contribution is 2.24. The summed E-state index contributed by atoms with van der Waals surface area (Å²) < 4.78 is 17.3. The van der Waals surface area contributed by atoms with Crippen molar-refractivity contribution in [1.82, 2.24) is 14.9 Å². The van der Waals surface area contributed by atoms with Crippen LogP contribution in [0.1, 0.15) is 36.2 Å². The SMILES string of the molecule is CCCNC(c1csnn1)c1cc(F)ccc1C. The van der Waals surface area contributed by atoms with E-state index in [9.17, 15) is 4.39 Å². The molecule has 0 spiro atoms. The van der Waals surface area contributed by atoms with E-state index in [1.54, 1.807) is 12.1 Å². The first-order valence-corrected chi connectivity index (χ1v) is 6.82. The molecule has 0 radical (unpaired) electrons. The molecular formula is C13H16FN3S. The van der Waals surface area contributed by atoms with Gasteiger partial charge in [0.25, 0.3) is 0 Å². The van der Waals surface area contributed by atoms with E-state index in [0.29, 0.717) is 0 Å². The van der Waals surface area contributed by atoms with Crippen molar-refractivity contribution in [1.29, 1.82) is 0 Å². The van der Waals surface area contributed by atoms with E-state index < -0.39 is 0 Å². The lowest BCUT2D eigenvalue weighted by Crippen LogP contribution is -2.24.